The second-order valence-electron chi connectivity index (χ2n) is 8.42. The average molecular weight is 478 g/mol. The zero-order chi connectivity index (χ0) is 25.3. The third-order valence-electron chi connectivity index (χ3n) is 6.06. The van der Waals surface area contributed by atoms with Crippen LogP contribution in [0.15, 0.2) is 97.1 Å². The summed E-state index contributed by atoms with van der Waals surface area (Å²) in [4.78, 5) is 27.7. The molecule has 0 saturated carbocycles. The second-order valence-corrected chi connectivity index (χ2v) is 8.42. The van der Waals surface area contributed by atoms with Crippen molar-refractivity contribution < 1.29 is 14.7 Å². The minimum Gasteiger partial charge on any atom is -0.508 e. The van der Waals surface area contributed by atoms with Crippen LogP contribution in [0, 0.1) is 11.3 Å². The number of nitrogens with zero attached hydrogens (tertiary/aromatic N) is 2. The normalized spacial score (nSPS) is 11.4. The lowest BCUT2D eigenvalue weighted by atomic mass is 9.92. The highest BCUT2D eigenvalue weighted by atomic mass is 16.3. The molecule has 4 rings (SSSR count). The van der Waals surface area contributed by atoms with E-state index in [2.05, 4.69) is 11.4 Å². The van der Waals surface area contributed by atoms with Crippen LogP contribution in [0.1, 0.15) is 36.4 Å². The quantitative estimate of drug-likeness (QED) is 0.334. The number of hydrogen-bond donors (Lipinski definition) is 2. The zero-order valence-electron chi connectivity index (χ0n) is 19.8. The molecule has 0 saturated heterocycles. The molecule has 2 N–H and O–H groups in total. The molecule has 0 heterocycles. The minimum atomic E-state index is -0.594. The maximum Gasteiger partial charge on any atom is 0.227 e. The van der Waals surface area contributed by atoms with Crippen LogP contribution in [-0.2, 0) is 9.59 Å². The van der Waals surface area contributed by atoms with E-state index < -0.39 is 6.04 Å². The van der Waals surface area contributed by atoms with Crippen LogP contribution in [0.25, 0.3) is 10.8 Å². The predicted octanol–water partition coefficient (Wildman–Crippen LogP) is 5.48. The van der Waals surface area contributed by atoms with Gasteiger partial charge in [-0.1, -0.05) is 78.9 Å². The molecule has 1 unspecified atom stereocenters. The van der Waals surface area contributed by atoms with Crippen molar-refractivity contribution in [2.45, 2.75) is 25.3 Å². The number of para-hydroxylation sites is 1. The number of carbonyl (C=O) groups is 2. The van der Waals surface area contributed by atoms with Crippen molar-refractivity contribution in [1.82, 2.24) is 5.32 Å². The fourth-order valence-corrected chi connectivity index (χ4v) is 4.31. The Balaban J connectivity index is 1.55. The monoisotopic (exact) mass is 477 g/mol. The zero-order valence-corrected chi connectivity index (χ0v) is 19.8. The summed E-state index contributed by atoms with van der Waals surface area (Å²) >= 11 is 0. The minimum absolute atomic E-state index is 0.00478. The summed E-state index contributed by atoms with van der Waals surface area (Å²) in [6.45, 7) is 0.261. The van der Waals surface area contributed by atoms with Gasteiger partial charge in [-0.05, 0) is 34.5 Å². The van der Waals surface area contributed by atoms with Crippen molar-refractivity contribution in [3.63, 3.8) is 0 Å². The topological polar surface area (TPSA) is 93.4 Å². The maximum atomic E-state index is 13.1. The first-order valence-electron chi connectivity index (χ1n) is 11.9. The molecule has 4 aromatic carbocycles. The van der Waals surface area contributed by atoms with Crippen LogP contribution >= 0.6 is 0 Å². The molecule has 180 valence electrons. The Hall–Kier alpha value is -4.63. The number of phenols is 1. The third-order valence-corrected chi connectivity index (χ3v) is 6.06. The molecule has 0 aliphatic heterocycles. The predicted molar refractivity (Wildman–Crippen MR) is 140 cm³/mol. The summed E-state index contributed by atoms with van der Waals surface area (Å²) in [6, 6.07) is 31.2. The van der Waals surface area contributed by atoms with Gasteiger partial charge in [-0.2, -0.15) is 5.26 Å². The molecule has 36 heavy (non-hydrogen) atoms. The number of benzene rings is 4. The summed E-state index contributed by atoms with van der Waals surface area (Å²) in [7, 11) is 0. The van der Waals surface area contributed by atoms with Crippen molar-refractivity contribution in [3.8, 4) is 11.8 Å². The van der Waals surface area contributed by atoms with E-state index in [1.165, 1.54) is 0 Å². The number of phenolic OH excluding ortho intramolecular Hbond substituents is 1. The fourth-order valence-electron chi connectivity index (χ4n) is 4.31. The summed E-state index contributed by atoms with van der Waals surface area (Å²) in [5.41, 5.74) is 2.13. The lowest BCUT2D eigenvalue weighted by Crippen LogP contribution is -2.34. The van der Waals surface area contributed by atoms with Gasteiger partial charge >= 0.3 is 0 Å². The van der Waals surface area contributed by atoms with Crippen molar-refractivity contribution in [1.29, 1.82) is 5.26 Å². The van der Waals surface area contributed by atoms with Crippen molar-refractivity contribution in [2.24, 2.45) is 0 Å². The van der Waals surface area contributed by atoms with Gasteiger partial charge < -0.3 is 15.3 Å². The molecule has 0 spiro atoms. The van der Waals surface area contributed by atoms with E-state index in [9.17, 15) is 14.7 Å². The number of nitriles is 1. The SMILES string of the molecule is N#CCCN(C(=O)CCC(=O)NC(c1ccccc1)c1c(O)ccc2ccccc12)c1ccccc1. The van der Waals surface area contributed by atoms with E-state index in [0.29, 0.717) is 11.3 Å². The number of anilines is 1. The van der Waals surface area contributed by atoms with Gasteiger partial charge in [0.1, 0.15) is 5.75 Å². The number of amides is 2. The Kier molecular flexibility index (Phi) is 7.94. The molecule has 4 aromatic rings. The Morgan fingerprint density at radius 3 is 2.25 bits per heavy atom. The van der Waals surface area contributed by atoms with Crippen molar-refractivity contribution >= 4 is 28.3 Å². The molecule has 0 aromatic heterocycles. The number of hydrogen-bond acceptors (Lipinski definition) is 4. The molecule has 2 amide bonds. The summed E-state index contributed by atoms with van der Waals surface area (Å²) in [6.07, 6.45) is 0.169. The van der Waals surface area contributed by atoms with Crippen LogP contribution in [0.4, 0.5) is 5.69 Å². The summed E-state index contributed by atoms with van der Waals surface area (Å²) in [5.74, 6) is -0.445. The van der Waals surface area contributed by atoms with E-state index in [0.717, 1.165) is 16.3 Å². The van der Waals surface area contributed by atoms with E-state index in [-0.39, 0.29) is 43.4 Å². The highest BCUT2D eigenvalue weighted by Gasteiger charge is 2.23. The van der Waals surface area contributed by atoms with E-state index in [1.54, 1.807) is 11.0 Å². The Labute approximate surface area is 210 Å². The number of fused-ring (bicyclic) bond motifs is 1. The lowest BCUT2D eigenvalue weighted by molar-refractivity contribution is -0.125. The van der Waals surface area contributed by atoms with Gasteiger partial charge in [0.2, 0.25) is 11.8 Å². The maximum absolute atomic E-state index is 13.1. The van der Waals surface area contributed by atoms with Crippen LogP contribution in [0.5, 0.6) is 5.75 Å². The van der Waals surface area contributed by atoms with E-state index >= 15 is 0 Å². The molecule has 1 atom stereocenters. The standard InChI is InChI=1S/C30H27N3O3/c31-20-9-21-33(24-13-5-2-6-14-24)28(36)19-18-27(35)32-30(23-11-3-1-4-12-23)29-25-15-8-7-10-22(25)16-17-26(29)34/h1-8,10-17,30,34H,9,18-19,21H2,(H,32,35). The van der Waals surface area contributed by atoms with Crippen LogP contribution in [-0.4, -0.2) is 23.5 Å². The molecule has 0 radical (unpaired) electrons. The molecular weight excluding hydrogens is 450 g/mol. The molecular formula is C30H27N3O3. The van der Waals surface area contributed by atoms with Gasteiger partial charge in [0.25, 0.3) is 0 Å². The Morgan fingerprint density at radius 1 is 0.861 bits per heavy atom. The van der Waals surface area contributed by atoms with Crippen LogP contribution in [0.3, 0.4) is 0 Å². The molecule has 6 heteroatoms. The summed E-state index contributed by atoms with van der Waals surface area (Å²) in [5, 5.41) is 24.6. The van der Waals surface area contributed by atoms with Gasteiger partial charge in [-0.3, -0.25) is 9.59 Å². The smallest absolute Gasteiger partial charge is 0.227 e. The molecule has 6 nitrogen and oxygen atoms in total. The van der Waals surface area contributed by atoms with Gasteiger partial charge in [0.05, 0.1) is 18.5 Å². The molecule has 0 aliphatic carbocycles. The van der Waals surface area contributed by atoms with Crippen LogP contribution in [0.2, 0.25) is 0 Å². The second kappa shape index (κ2) is 11.7. The van der Waals surface area contributed by atoms with E-state index in [4.69, 9.17) is 5.26 Å². The largest absolute Gasteiger partial charge is 0.508 e. The van der Waals surface area contributed by atoms with Gasteiger partial charge in [-0.15, -0.1) is 0 Å². The van der Waals surface area contributed by atoms with E-state index in [1.807, 2.05) is 91.0 Å². The third kappa shape index (κ3) is 5.70. The Morgan fingerprint density at radius 2 is 1.53 bits per heavy atom. The first-order chi connectivity index (χ1) is 17.6. The van der Waals surface area contributed by atoms with Crippen LogP contribution < -0.4 is 10.2 Å². The average Bonchev–Trinajstić information content (AvgIpc) is 2.92. The highest BCUT2D eigenvalue weighted by Crippen LogP contribution is 2.35. The fraction of sp³-hybridized carbons (Fsp3) is 0.167. The van der Waals surface area contributed by atoms with Crippen molar-refractivity contribution in [2.75, 3.05) is 11.4 Å². The highest BCUT2D eigenvalue weighted by molar-refractivity contribution is 5.96. The number of nitrogens with one attached hydrogen (secondary N) is 1. The number of aromatic hydroxyl groups is 1. The Bertz CT molecular complexity index is 1380. The number of rotatable bonds is 9. The first-order valence-corrected chi connectivity index (χ1v) is 11.9. The van der Waals surface area contributed by atoms with Crippen molar-refractivity contribution in [3.05, 3.63) is 108 Å². The first kappa shape index (κ1) is 24.5. The van der Waals surface area contributed by atoms with Gasteiger partial charge in [0, 0.05) is 30.6 Å². The molecule has 0 aliphatic rings. The summed E-state index contributed by atoms with van der Waals surface area (Å²) < 4.78 is 0. The van der Waals surface area contributed by atoms with Gasteiger partial charge in [0.15, 0.2) is 0 Å². The number of carbonyl (C=O) groups excluding carboxylic acids is 2. The molecule has 0 fully saturated rings. The molecule has 0 bridgehead atoms. The van der Waals surface area contributed by atoms with Gasteiger partial charge in [-0.25, -0.2) is 0 Å². The lowest BCUT2D eigenvalue weighted by Gasteiger charge is -2.24.